The molecule has 3 heterocycles. The van der Waals surface area contributed by atoms with E-state index in [9.17, 15) is 14.4 Å². The lowest BCUT2D eigenvalue weighted by atomic mass is 9.98. The summed E-state index contributed by atoms with van der Waals surface area (Å²) in [6, 6.07) is 11.5. The number of aromatic nitrogens is 1. The number of benzene rings is 2. The van der Waals surface area contributed by atoms with Crippen molar-refractivity contribution >= 4 is 50.7 Å². The topological polar surface area (TPSA) is 80.5 Å². The molecule has 5 rings (SSSR count). The van der Waals surface area contributed by atoms with Gasteiger partial charge in [-0.1, -0.05) is 46.7 Å². The fourth-order valence-electron chi connectivity index (χ4n) is 4.09. The Hall–Kier alpha value is -3.29. The zero-order valence-electron chi connectivity index (χ0n) is 17.4. The molecule has 0 bridgehead atoms. The minimum atomic E-state index is -0.775. The van der Waals surface area contributed by atoms with Crippen LogP contribution in [0.15, 0.2) is 51.7 Å². The van der Waals surface area contributed by atoms with E-state index in [0.29, 0.717) is 37.3 Å². The first kappa shape index (κ1) is 20.6. The Bertz CT molecular complexity index is 1500. The number of aryl methyl sites for hydroxylation is 2. The molecule has 1 atom stereocenters. The number of anilines is 1. The molecule has 0 N–H and O–H groups in total. The van der Waals surface area contributed by atoms with Crippen molar-refractivity contribution in [3.05, 3.63) is 90.7 Å². The predicted octanol–water partition coefficient (Wildman–Crippen LogP) is 5.47. The summed E-state index contributed by atoms with van der Waals surface area (Å²) in [4.78, 5) is 45.6. The zero-order chi connectivity index (χ0) is 22.7. The van der Waals surface area contributed by atoms with Crippen LogP contribution in [-0.2, 0) is 0 Å². The number of halogens is 1. The van der Waals surface area contributed by atoms with E-state index in [4.69, 9.17) is 16.0 Å². The van der Waals surface area contributed by atoms with Crippen molar-refractivity contribution in [2.24, 2.45) is 0 Å². The number of nitrogens with zero attached hydrogens (tertiary/aromatic N) is 2. The van der Waals surface area contributed by atoms with Gasteiger partial charge >= 0.3 is 0 Å². The Balaban J connectivity index is 1.82. The first-order valence-electron chi connectivity index (χ1n) is 9.91. The van der Waals surface area contributed by atoms with Crippen molar-refractivity contribution in [1.29, 1.82) is 0 Å². The second-order valence-electron chi connectivity index (χ2n) is 7.77. The molecule has 8 heteroatoms. The number of Topliss-reactive ketones (excluding diaryl/α,β-unsaturated/α-hetero) is 1. The lowest BCUT2D eigenvalue weighted by Crippen LogP contribution is -2.29. The van der Waals surface area contributed by atoms with E-state index >= 15 is 0 Å². The summed E-state index contributed by atoms with van der Waals surface area (Å²) < 4.78 is 5.96. The number of amides is 1. The molecule has 1 aliphatic heterocycles. The van der Waals surface area contributed by atoms with Crippen LogP contribution < -0.4 is 10.3 Å². The fraction of sp³-hybridized carbons (Fsp3) is 0.167. The quantitative estimate of drug-likeness (QED) is 0.375. The normalized spacial score (nSPS) is 15.4. The Labute approximate surface area is 192 Å². The van der Waals surface area contributed by atoms with Crippen molar-refractivity contribution in [3.8, 4) is 0 Å². The molecule has 0 fully saturated rings. The molecular weight excluding hydrogens is 448 g/mol. The van der Waals surface area contributed by atoms with Crippen molar-refractivity contribution in [2.75, 3.05) is 4.90 Å². The van der Waals surface area contributed by atoms with Crippen LogP contribution in [0.3, 0.4) is 0 Å². The molecule has 0 saturated heterocycles. The lowest BCUT2D eigenvalue weighted by Gasteiger charge is -2.22. The van der Waals surface area contributed by atoms with Crippen LogP contribution in [0.5, 0.6) is 0 Å². The number of thiazole rings is 1. The van der Waals surface area contributed by atoms with Gasteiger partial charge < -0.3 is 4.42 Å². The van der Waals surface area contributed by atoms with E-state index in [2.05, 4.69) is 4.98 Å². The number of hydrogen-bond donors (Lipinski definition) is 0. The smallest absolute Gasteiger partial charge is 0.297 e. The number of fused-ring (bicyclic) bond motifs is 2. The summed E-state index contributed by atoms with van der Waals surface area (Å²) in [6.07, 6.45) is 0. The number of hydrogen-bond acceptors (Lipinski definition) is 6. The van der Waals surface area contributed by atoms with Gasteiger partial charge in [0.1, 0.15) is 5.58 Å². The van der Waals surface area contributed by atoms with Gasteiger partial charge in [0.25, 0.3) is 5.91 Å². The second-order valence-corrected chi connectivity index (χ2v) is 9.19. The number of carbonyl (C=O) groups excluding carboxylic acids is 2. The van der Waals surface area contributed by atoms with Gasteiger partial charge in [0.05, 0.1) is 27.6 Å². The summed E-state index contributed by atoms with van der Waals surface area (Å²) in [5.41, 5.74) is 2.41. The van der Waals surface area contributed by atoms with E-state index < -0.39 is 11.9 Å². The van der Waals surface area contributed by atoms with E-state index in [1.54, 1.807) is 43.3 Å². The first-order chi connectivity index (χ1) is 15.3. The van der Waals surface area contributed by atoms with Gasteiger partial charge in [0.15, 0.2) is 16.3 Å². The fourth-order valence-corrected chi connectivity index (χ4v) is 5.28. The summed E-state index contributed by atoms with van der Waals surface area (Å²) in [5.74, 6) is -0.632. The third-order valence-corrected chi connectivity index (χ3v) is 6.99. The summed E-state index contributed by atoms with van der Waals surface area (Å²) in [5, 5.41) is 1.21. The van der Waals surface area contributed by atoms with E-state index in [-0.39, 0.29) is 22.5 Å². The van der Waals surface area contributed by atoms with Crippen molar-refractivity contribution < 1.29 is 14.0 Å². The van der Waals surface area contributed by atoms with E-state index in [0.717, 1.165) is 16.9 Å². The molecule has 160 valence electrons. The molecular formula is C24H17ClN2O4S. The molecule has 32 heavy (non-hydrogen) atoms. The standard InChI is InChI=1S/C24H17ClN2O4S/c1-11-7-8-17-16(9-11)20(29)18-19(14-5-4-6-15(25)10-14)27(23(30)21(18)31-17)24-26-12(2)22(32-24)13(3)28/h4-10,19H,1-3H3. The highest BCUT2D eigenvalue weighted by molar-refractivity contribution is 7.17. The van der Waals surface area contributed by atoms with Gasteiger partial charge in [-0.2, -0.15) is 0 Å². The predicted molar refractivity (Wildman–Crippen MR) is 124 cm³/mol. The third kappa shape index (κ3) is 3.08. The van der Waals surface area contributed by atoms with Crippen LogP contribution in [0.25, 0.3) is 11.0 Å². The number of ketones is 1. The van der Waals surface area contributed by atoms with Gasteiger partial charge in [0.2, 0.25) is 5.76 Å². The van der Waals surface area contributed by atoms with Crippen LogP contribution in [0.1, 0.15) is 55.6 Å². The number of carbonyl (C=O) groups is 2. The maximum Gasteiger partial charge on any atom is 0.297 e. The zero-order valence-corrected chi connectivity index (χ0v) is 19.0. The van der Waals surface area contributed by atoms with E-state index in [1.165, 1.54) is 11.8 Å². The van der Waals surface area contributed by atoms with Crippen molar-refractivity contribution in [3.63, 3.8) is 0 Å². The summed E-state index contributed by atoms with van der Waals surface area (Å²) in [6.45, 7) is 5.07. The van der Waals surface area contributed by atoms with Crippen LogP contribution in [0.2, 0.25) is 5.02 Å². The minimum Gasteiger partial charge on any atom is -0.450 e. The van der Waals surface area contributed by atoms with Gasteiger partial charge in [-0.05, 0) is 43.7 Å². The SMILES string of the molecule is CC(=O)c1sc(N2C(=O)c3oc4ccc(C)cc4c(=O)c3C2c2cccc(Cl)c2)nc1C. The van der Waals surface area contributed by atoms with Crippen LogP contribution in [0, 0.1) is 13.8 Å². The highest BCUT2D eigenvalue weighted by atomic mass is 35.5. The Morgan fingerprint density at radius 3 is 2.62 bits per heavy atom. The maximum absolute atomic E-state index is 13.6. The first-order valence-corrected chi connectivity index (χ1v) is 11.1. The molecule has 6 nitrogen and oxygen atoms in total. The molecule has 4 aromatic rings. The molecule has 2 aromatic carbocycles. The second kappa shape index (κ2) is 7.39. The van der Waals surface area contributed by atoms with Crippen molar-refractivity contribution in [2.45, 2.75) is 26.8 Å². The molecule has 0 spiro atoms. The van der Waals surface area contributed by atoms with Crippen LogP contribution >= 0.6 is 22.9 Å². The summed E-state index contributed by atoms with van der Waals surface area (Å²) in [7, 11) is 0. The van der Waals surface area contributed by atoms with Crippen LogP contribution in [-0.4, -0.2) is 16.7 Å². The highest BCUT2D eigenvalue weighted by Crippen LogP contribution is 2.43. The van der Waals surface area contributed by atoms with Gasteiger partial charge in [-0.15, -0.1) is 0 Å². The molecule has 2 aromatic heterocycles. The molecule has 0 aliphatic carbocycles. The Morgan fingerprint density at radius 2 is 1.94 bits per heavy atom. The Morgan fingerprint density at radius 1 is 1.16 bits per heavy atom. The average Bonchev–Trinajstić information content (AvgIpc) is 3.26. The van der Waals surface area contributed by atoms with Crippen LogP contribution in [0.4, 0.5) is 5.13 Å². The molecule has 0 saturated carbocycles. The monoisotopic (exact) mass is 464 g/mol. The van der Waals surface area contributed by atoms with E-state index in [1.807, 2.05) is 13.0 Å². The molecule has 0 radical (unpaired) electrons. The molecule has 1 aliphatic rings. The van der Waals surface area contributed by atoms with Crippen molar-refractivity contribution in [1.82, 2.24) is 4.98 Å². The van der Waals surface area contributed by atoms with Gasteiger partial charge in [0, 0.05) is 11.9 Å². The third-order valence-electron chi connectivity index (χ3n) is 5.50. The molecule has 1 unspecified atom stereocenters. The minimum absolute atomic E-state index is 0.0199. The average molecular weight is 465 g/mol. The molecule has 1 amide bonds. The van der Waals surface area contributed by atoms with Gasteiger partial charge in [-0.25, -0.2) is 4.98 Å². The maximum atomic E-state index is 13.6. The number of rotatable bonds is 3. The summed E-state index contributed by atoms with van der Waals surface area (Å²) >= 11 is 7.37. The Kier molecular flexibility index (Phi) is 4.76. The largest absolute Gasteiger partial charge is 0.450 e. The highest BCUT2D eigenvalue weighted by Gasteiger charge is 2.45. The van der Waals surface area contributed by atoms with Gasteiger partial charge in [-0.3, -0.25) is 19.3 Å². The lowest BCUT2D eigenvalue weighted by molar-refractivity contribution is 0.0969.